The van der Waals surface area contributed by atoms with Crippen LogP contribution in [0.5, 0.6) is 0 Å². The van der Waals surface area contributed by atoms with E-state index < -0.39 is 60.4 Å². The van der Waals surface area contributed by atoms with E-state index in [1.165, 1.54) is 25.6 Å². The zero-order chi connectivity index (χ0) is 42.2. The summed E-state index contributed by atoms with van der Waals surface area (Å²) >= 11 is 3.36. The number of aromatic nitrogens is 4. The van der Waals surface area contributed by atoms with Crippen molar-refractivity contribution in [2.45, 2.75) is 0 Å². The van der Waals surface area contributed by atoms with Crippen LogP contribution >= 0.6 is 22.7 Å². The van der Waals surface area contributed by atoms with E-state index in [4.69, 9.17) is 13.7 Å². The first-order chi connectivity index (χ1) is 29.4. The molecule has 0 bridgehead atoms. The Morgan fingerprint density at radius 3 is 1.75 bits per heavy atom. The van der Waals surface area contributed by atoms with Crippen molar-refractivity contribution < 1.29 is 13.7 Å². The van der Waals surface area contributed by atoms with E-state index >= 15 is 0 Å². The lowest BCUT2D eigenvalue weighted by Crippen LogP contribution is -1.99. The van der Waals surface area contributed by atoms with E-state index in [1.54, 1.807) is 22.7 Å². The van der Waals surface area contributed by atoms with Gasteiger partial charge in [0, 0.05) is 73.5 Å². The molecule has 0 amide bonds. The molecule has 51 heavy (non-hydrogen) atoms. The number of nitrogens with zero attached hydrogens (tertiary/aromatic N) is 4. The standard InChI is InChI=1S/C45H26N4S2/c1-3-11-27(12-4-1)43-46-44(28-13-5-2-6-14-28)48-45(47-43)29-19-21-33-35-24-30(20-22-40(35)51-41(33)23-29)49-37-17-9-7-15-31(37)34-25-36-32-16-8-10-18-39(32)50-42(36)26-38(34)49/h1-26H/i1D,2D,3D,4D,5D,6D,11D,12D,13D,14D. The maximum absolute atomic E-state index is 8.66. The molecule has 0 spiro atoms. The van der Waals surface area contributed by atoms with Crippen LogP contribution in [0.3, 0.4) is 0 Å². The number of thiophene rings is 2. The predicted octanol–water partition coefficient (Wildman–Crippen LogP) is 12.7. The maximum Gasteiger partial charge on any atom is 0.164 e. The Hall–Kier alpha value is -6.21. The van der Waals surface area contributed by atoms with Gasteiger partial charge in [0.15, 0.2) is 17.5 Å². The highest BCUT2D eigenvalue weighted by Crippen LogP contribution is 2.42. The number of para-hydroxylation sites is 1. The van der Waals surface area contributed by atoms with Gasteiger partial charge in [0.1, 0.15) is 0 Å². The van der Waals surface area contributed by atoms with Crippen LogP contribution in [0, 0.1) is 0 Å². The van der Waals surface area contributed by atoms with Gasteiger partial charge in [-0.2, -0.15) is 0 Å². The topological polar surface area (TPSA) is 43.6 Å². The van der Waals surface area contributed by atoms with Crippen LogP contribution in [-0.2, 0) is 0 Å². The lowest BCUT2D eigenvalue weighted by Gasteiger charge is -2.09. The van der Waals surface area contributed by atoms with Crippen LogP contribution < -0.4 is 0 Å². The summed E-state index contributed by atoms with van der Waals surface area (Å²) in [5, 5.41) is 6.84. The summed E-state index contributed by atoms with van der Waals surface area (Å²) in [7, 11) is 0. The molecule has 0 unspecified atom stereocenters. The molecule has 4 heterocycles. The quantitative estimate of drug-likeness (QED) is 0.184. The molecular formula is C45H26N4S2. The average molecular weight is 697 g/mol. The summed E-state index contributed by atoms with van der Waals surface area (Å²) in [6.07, 6.45) is 0. The molecule has 238 valence electrons. The van der Waals surface area contributed by atoms with Gasteiger partial charge in [-0.25, -0.2) is 15.0 Å². The normalized spacial score (nSPS) is 14.7. The first-order valence-corrected chi connectivity index (χ1v) is 17.7. The summed E-state index contributed by atoms with van der Waals surface area (Å²) in [6.45, 7) is 0. The second-order valence-electron chi connectivity index (χ2n) is 12.1. The van der Waals surface area contributed by atoms with Crippen LogP contribution in [0.25, 0.3) is 102 Å². The van der Waals surface area contributed by atoms with Crippen molar-refractivity contribution in [3.63, 3.8) is 0 Å². The van der Waals surface area contributed by atoms with E-state index in [2.05, 4.69) is 98.4 Å². The lowest BCUT2D eigenvalue weighted by molar-refractivity contribution is 1.07. The molecule has 0 aliphatic carbocycles. The van der Waals surface area contributed by atoms with E-state index in [1.807, 2.05) is 18.2 Å². The summed E-state index contributed by atoms with van der Waals surface area (Å²) < 4.78 is 90.8. The smallest absolute Gasteiger partial charge is 0.164 e. The number of rotatable bonds is 4. The molecule has 0 radical (unpaired) electrons. The molecule has 11 rings (SSSR count). The van der Waals surface area contributed by atoms with Crippen LogP contribution in [0.4, 0.5) is 0 Å². The van der Waals surface area contributed by atoms with Crippen molar-refractivity contribution in [3.8, 4) is 39.9 Å². The van der Waals surface area contributed by atoms with Gasteiger partial charge >= 0.3 is 0 Å². The Bertz CT molecular complexity index is 3600. The van der Waals surface area contributed by atoms with Crippen molar-refractivity contribution in [2.75, 3.05) is 0 Å². The third-order valence-electron chi connectivity index (χ3n) is 9.22. The Morgan fingerprint density at radius 1 is 0.412 bits per heavy atom. The Kier molecular flexibility index (Phi) is 4.47. The second-order valence-corrected chi connectivity index (χ2v) is 14.3. The molecule has 0 aliphatic rings. The van der Waals surface area contributed by atoms with Crippen LogP contribution in [0.15, 0.2) is 157 Å². The van der Waals surface area contributed by atoms with Gasteiger partial charge < -0.3 is 4.57 Å². The van der Waals surface area contributed by atoms with Crippen molar-refractivity contribution in [3.05, 3.63) is 157 Å². The van der Waals surface area contributed by atoms with Gasteiger partial charge in [0.25, 0.3) is 0 Å². The highest BCUT2D eigenvalue weighted by Gasteiger charge is 2.18. The molecule has 4 aromatic heterocycles. The monoisotopic (exact) mass is 696 g/mol. The highest BCUT2D eigenvalue weighted by molar-refractivity contribution is 7.26. The fourth-order valence-corrected chi connectivity index (χ4v) is 9.21. The molecular weight excluding hydrogens is 661 g/mol. The SMILES string of the molecule is [2H]c1c([2H])c([2H])c(-c2nc(-c3ccc4c(c3)sc3ccc(-n5c6ccccc6c6cc7c(cc65)sc5ccccc57)cc34)nc(-c3c([2H])c([2H])c([2H])c([2H])c3[2H])n2)c([2H])c1[2H]. The van der Waals surface area contributed by atoms with E-state index in [0.29, 0.717) is 5.56 Å². The van der Waals surface area contributed by atoms with E-state index in [-0.39, 0.29) is 28.6 Å². The predicted molar refractivity (Wildman–Crippen MR) is 216 cm³/mol. The summed E-state index contributed by atoms with van der Waals surface area (Å²) in [5.41, 5.74) is 3.08. The third-order valence-corrected chi connectivity index (χ3v) is 11.5. The number of fused-ring (bicyclic) bond motifs is 9. The minimum Gasteiger partial charge on any atom is -0.309 e. The zero-order valence-corrected chi connectivity index (χ0v) is 28.0. The Balaban J connectivity index is 1.10. The Morgan fingerprint density at radius 2 is 1.00 bits per heavy atom. The third kappa shape index (κ3) is 4.54. The van der Waals surface area contributed by atoms with Gasteiger partial charge in [0.2, 0.25) is 0 Å². The molecule has 0 fully saturated rings. The fraction of sp³-hybridized carbons (Fsp3) is 0. The van der Waals surface area contributed by atoms with Gasteiger partial charge in [-0.3, -0.25) is 0 Å². The number of benzene rings is 7. The van der Waals surface area contributed by atoms with Crippen LogP contribution in [0.1, 0.15) is 13.7 Å². The fourth-order valence-electron chi connectivity index (χ4n) is 6.96. The Labute approximate surface area is 314 Å². The summed E-state index contributed by atoms with van der Waals surface area (Å²) in [6, 6.07) is 27.9. The molecule has 0 saturated carbocycles. The molecule has 6 heteroatoms. The molecule has 0 aliphatic heterocycles. The molecule has 0 atom stereocenters. The molecule has 7 aromatic carbocycles. The number of hydrogen-bond donors (Lipinski definition) is 0. The minimum absolute atomic E-state index is 0.0245. The zero-order valence-electron chi connectivity index (χ0n) is 36.3. The van der Waals surface area contributed by atoms with E-state index in [9.17, 15) is 0 Å². The first kappa shape index (κ1) is 20.5. The van der Waals surface area contributed by atoms with Gasteiger partial charge in [-0.15, -0.1) is 22.7 Å². The summed E-state index contributed by atoms with van der Waals surface area (Å²) in [5.74, 6) is -0.579. The minimum atomic E-state index is -0.595. The highest BCUT2D eigenvalue weighted by atomic mass is 32.1. The van der Waals surface area contributed by atoms with Crippen molar-refractivity contribution in [1.29, 1.82) is 0 Å². The lowest BCUT2D eigenvalue weighted by atomic mass is 10.1. The van der Waals surface area contributed by atoms with Gasteiger partial charge in [-0.05, 0) is 48.5 Å². The maximum atomic E-state index is 8.66. The molecule has 0 saturated heterocycles. The first-order valence-electron chi connectivity index (χ1n) is 21.1. The molecule has 11 aromatic rings. The molecule has 0 N–H and O–H groups in total. The van der Waals surface area contributed by atoms with Crippen molar-refractivity contribution >= 4 is 84.8 Å². The van der Waals surface area contributed by atoms with Crippen LogP contribution in [-0.4, -0.2) is 19.5 Å². The van der Waals surface area contributed by atoms with E-state index in [0.717, 1.165) is 42.3 Å². The van der Waals surface area contributed by atoms with Gasteiger partial charge in [0.05, 0.1) is 24.7 Å². The molecule has 4 nitrogen and oxygen atoms in total. The van der Waals surface area contributed by atoms with Crippen molar-refractivity contribution in [2.24, 2.45) is 0 Å². The van der Waals surface area contributed by atoms with Crippen LogP contribution in [0.2, 0.25) is 0 Å². The summed E-state index contributed by atoms with van der Waals surface area (Å²) in [4.78, 5) is 13.6. The van der Waals surface area contributed by atoms with Gasteiger partial charge in [-0.1, -0.05) is 109 Å². The number of hydrogen-bond acceptors (Lipinski definition) is 5. The second kappa shape index (κ2) is 11.2. The van der Waals surface area contributed by atoms with Crippen molar-refractivity contribution in [1.82, 2.24) is 19.5 Å². The average Bonchev–Trinajstić information content (AvgIpc) is 3.93. The largest absolute Gasteiger partial charge is 0.309 e.